The summed E-state index contributed by atoms with van der Waals surface area (Å²) in [5.74, 6) is 0.557. The highest BCUT2D eigenvalue weighted by Gasteiger charge is 2.13. The van der Waals surface area contributed by atoms with Crippen LogP contribution < -0.4 is 5.43 Å². The van der Waals surface area contributed by atoms with Crippen molar-refractivity contribution in [1.82, 2.24) is 29.5 Å². The SMILES string of the molecule is Clc1ccc(-c2nn(-c3ccccc3)cc2/C=N/Nc2ncnc3c2cnn3-c2ccccc2)cc1. The predicted molar refractivity (Wildman–Crippen MR) is 142 cm³/mol. The summed E-state index contributed by atoms with van der Waals surface area (Å²) in [4.78, 5) is 8.78. The number of nitrogens with one attached hydrogen (secondary N) is 1. The van der Waals surface area contributed by atoms with Crippen molar-refractivity contribution >= 4 is 34.7 Å². The Morgan fingerprint density at radius 1 is 0.833 bits per heavy atom. The van der Waals surface area contributed by atoms with Gasteiger partial charge in [0, 0.05) is 22.3 Å². The number of fused-ring (bicyclic) bond motifs is 1. The van der Waals surface area contributed by atoms with E-state index in [4.69, 9.17) is 16.7 Å². The standard InChI is InChI=1S/C27H19ClN8/c28-21-13-11-19(12-14-21)25-20(17-35(34-25)22-7-3-1-4-8-22)15-31-33-26-24-16-32-36(27(24)30-18-29-26)23-9-5-2-6-10-23/h1-18H,(H,29,30,33)/b31-15+. The van der Waals surface area contributed by atoms with Crippen LogP contribution in [-0.4, -0.2) is 35.7 Å². The molecule has 3 aromatic carbocycles. The van der Waals surface area contributed by atoms with Crippen LogP contribution in [0.2, 0.25) is 5.02 Å². The van der Waals surface area contributed by atoms with Crippen LogP contribution in [0.15, 0.2) is 109 Å². The zero-order valence-electron chi connectivity index (χ0n) is 18.9. The first-order valence-corrected chi connectivity index (χ1v) is 11.6. The number of hydrogen-bond donors (Lipinski definition) is 1. The molecule has 6 rings (SSSR count). The second-order valence-electron chi connectivity index (χ2n) is 7.94. The lowest BCUT2D eigenvalue weighted by atomic mass is 10.1. The zero-order valence-corrected chi connectivity index (χ0v) is 19.7. The van der Waals surface area contributed by atoms with Gasteiger partial charge < -0.3 is 0 Å². The fourth-order valence-electron chi connectivity index (χ4n) is 3.88. The third-order valence-electron chi connectivity index (χ3n) is 5.62. The molecule has 3 aromatic heterocycles. The maximum atomic E-state index is 6.10. The first kappa shape index (κ1) is 21.7. The molecule has 0 bridgehead atoms. The molecule has 0 saturated carbocycles. The van der Waals surface area contributed by atoms with Gasteiger partial charge in [-0.25, -0.2) is 19.3 Å². The third-order valence-corrected chi connectivity index (χ3v) is 5.87. The van der Waals surface area contributed by atoms with Gasteiger partial charge in [-0.15, -0.1) is 0 Å². The molecule has 6 aromatic rings. The molecule has 0 atom stereocenters. The number of halogens is 1. The molecule has 0 aliphatic rings. The van der Waals surface area contributed by atoms with Crippen LogP contribution >= 0.6 is 11.6 Å². The molecule has 0 unspecified atom stereocenters. The van der Waals surface area contributed by atoms with E-state index in [0.29, 0.717) is 16.5 Å². The Labute approximate surface area is 211 Å². The highest BCUT2D eigenvalue weighted by Crippen LogP contribution is 2.25. The molecule has 0 saturated heterocycles. The molecular formula is C27H19ClN8. The van der Waals surface area contributed by atoms with E-state index in [-0.39, 0.29) is 0 Å². The average molecular weight is 491 g/mol. The lowest BCUT2D eigenvalue weighted by molar-refractivity contribution is 0.884. The summed E-state index contributed by atoms with van der Waals surface area (Å²) >= 11 is 6.10. The topological polar surface area (TPSA) is 85.8 Å². The van der Waals surface area contributed by atoms with E-state index < -0.39 is 0 Å². The molecule has 1 N–H and O–H groups in total. The van der Waals surface area contributed by atoms with Crippen LogP contribution in [-0.2, 0) is 0 Å². The first-order valence-electron chi connectivity index (χ1n) is 11.2. The molecule has 36 heavy (non-hydrogen) atoms. The maximum Gasteiger partial charge on any atom is 0.168 e. The largest absolute Gasteiger partial charge is 0.261 e. The summed E-state index contributed by atoms with van der Waals surface area (Å²) in [6.07, 6.45) is 6.89. The minimum atomic E-state index is 0.557. The Hall–Kier alpha value is -4.82. The average Bonchev–Trinajstić information content (AvgIpc) is 3.56. The molecule has 0 aliphatic heterocycles. The van der Waals surface area contributed by atoms with Gasteiger partial charge in [-0.2, -0.15) is 15.3 Å². The molecule has 9 heteroatoms. The number of aromatic nitrogens is 6. The second kappa shape index (κ2) is 9.44. The van der Waals surface area contributed by atoms with Gasteiger partial charge in [0.25, 0.3) is 0 Å². The van der Waals surface area contributed by atoms with Crippen molar-refractivity contribution < 1.29 is 0 Å². The van der Waals surface area contributed by atoms with Gasteiger partial charge in [-0.05, 0) is 36.4 Å². The van der Waals surface area contributed by atoms with Crippen molar-refractivity contribution in [3.8, 4) is 22.6 Å². The summed E-state index contributed by atoms with van der Waals surface area (Å²) in [5, 5.41) is 15.2. The Bertz CT molecular complexity index is 1660. The van der Waals surface area contributed by atoms with Gasteiger partial charge in [0.1, 0.15) is 12.0 Å². The first-order chi connectivity index (χ1) is 17.8. The molecule has 0 fully saturated rings. The normalized spacial score (nSPS) is 11.4. The van der Waals surface area contributed by atoms with Crippen LogP contribution in [0.4, 0.5) is 5.82 Å². The van der Waals surface area contributed by atoms with E-state index in [9.17, 15) is 0 Å². The van der Waals surface area contributed by atoms with Gasteiger partial charge in [0.2, 0.25) is 0 Å². The van der Waals surface area contributed by atoms with Crippen molar-refractivity contribution in [2.24, 2.45) is 5.10 Å². The van der Waals surface area contributed by atoms with E-state index in [0.717, 1.165) is 33.6 Å². The summed E-state index contributed by atoms with van der Waals surface area (Å²) < 4.78 is 3.60. The Morgan fingerprint density at radius 3 is 2.31 bits per heavy atom. The summed E-state index contributed by atoms with van der Waals surface area (Å²) in [6, 6.07) is 27.3. The van der Waals surface area contributed by atoms with Gasteiger partial charge in [-0.3, -0.25) is 5.43 Å². The van der Waals surface area contributed by atoms with Crippen molar-refractivity contribution in [2.45, 2.75) is 0 Å². The lowest BCUT2D eigenvalue weighted by Gasteiger charge is -2.03. The van der Waals surface area contributed by atoms with Crippen molar-refractivity contribution in [3.05, 3.63) is 114 Å². The van der Waals surface area contributed by atoms with Gasteiger partial charge in [-0.1, -0.05) is 60.1 Å². The van der Waals surface area contributed by atoms with E-state index in [1.54, 1.807) is 17.1 Å². The molecule has 0 amide bonds. The number of hydrazone groups is 1. The summed E-state index contributed by atoms with van der Waals surface area (Å²) in [6.45, 7) is 0. The number of nitrogens with zero attached hydrogens (tertiary/aromatic N) is 7. The number of para-hydroxylation sites is 2. The van der Waals surface area contributed by atoms with E-state index >= 15 is 0 Å². The van der Waals surface area contributed by atoms with Crippen molar-refractivity contribution in [1.29, 1.82) is 0 Å². The molecule has 0 spiro atoms. The van der Waals surface area contributed by atoms with Gasteiger partial charge >= 0.3 is 0 Å². The predicted octanol–water partition coefficient (Wildman–Crippen LogP) is 5.77. The van der Waals surface area contributed by atoms with Crippen molar-refractivity contribution in [3.63, 3.8) is 0 Å². The Morgan fingerprint density at radius 2 is 1.56 bits per heavy atom. The zero-order chi connectivity index (χ0) is 24.3. The van der Waals surface area contributed by atoms with Crippen LogP contribution in [0.3, 0.4) is 0 Å². The molecule has 0 aliphatic carbocycles. The molecule has 174 valence electrons. The monoisotopic (exact) mass is 490 g/mol. The van der Waals surface area contributed by atoms with Crippen LogP contribution in [0.5, 0.6) is 0 Å². The van der Waals surface area contributed by atoms with E-state index in [1.807, 2.05) is 95.8 Å². The number of anilines is 1. The van der Waals surface area contributed by atoms with Crippen LogP contribution in [0.1, 0.15) is 5.56 Å². The molecule has 8 nitrogen and oxygen atoms in total. The van der Waals surface area contributed by atoms with Gasteiger partial charge in [0.15, 0.2) is 11.5 Å². The molecular weight excluding hydrogens is 472 g/mol. The van der Waals surface area contributed by atoms with Crippen LogP contribution in [0, 0.1) is 0 Å². The van der Waals surface area contributed by atoms with E-state index in [1.165, 1.54) is 6.33 Å². The van der Waals surface area contributed by atoms with Crippen molar-refractivity contribution in [2.75, 3.05) is 5.43 Å². The van der Waals surface area contributed by atoms with E-state index in [2.05, 4.69) is 25.6 Å². The smallest absolute Gasteiger partial charge is 0.168 e. The third kappa shape index (κ3) is 4.21. The second-order valence-corrected chi connectivity index (χ2v) is 8.38. The number of rotatable bonds is 6. The summed E-state index contributed by atoms with van der Waals surface area (Å²) in [7, 11) is 0. The number of hydrogen-bond acceptors (Lipinski definition) is 6. The van der Waals surface area contributed by atoms with Gasteiger partial charge in [0.05, 0.1) is 29.2 Å². The fraction of sp³-hybridized carbons (Fsp3) is 0. The lowest BCUT2D eigenvalue weighted by Crippen LogP contribution is -1.99. The molecule has 0 radical (unpaired) electrons. The highest BCUT2D eigenvalue weighted by molar-refractivity contribution is 6.30. The minimum absolute atomic E-state index is 0.557. The highest BCUT2D eigenvalue weighted by atomic mass is 35.5. The fourth-order valence-corrected chi connectivity index (χ4v) is 4.01. The Balaban J connectivity index is 1.34. The maximum absolute atomic E-state index is 6.10. The van der Waals surface area contributed by atoms with Crippen LogP contribution in [0.25, 0.3) is 33.7 Å². The summed E-state index contributed by atoms with van der Waals surface area (Å²) in [5.41, 5.74) is 8.15. The quantitative estimate of drug-likeness (QED) is 0.237. The number of benzene rings is 3. The molecule has 3 heterocycles. The minimum Gasteiger partial charge on any atom is -0.261 e. The Kier molecular flexibility index (Phi) is 5.69.